The summed E-state index contributed by atoms with van der Waals surface area (Å²) in [5, 5.41) is 3.62. The zero-order valence-electron chi connectivity index (χ0n) is 10.0. The summed E-state index contributed by atoms with van der Waals surface area (Å²) in [6.07, 6.45) is 8.19. The second-order valence-electron chi connectivity index (χ2n) is 4.69. The van der Waals surface area contributed by atoms with Crippen LogP contribution in [0.25, 0.3) is 0 Å². The highest BCUT2D eigenvalue weighted by molar-refractivity contribution is 5.18. The molecule has 0 amide bonds. The summed E-state index contributed by atoms with van der Waals surface area (Å²) in [5.74, 6) is 0.656. The van der Waals surface area contributed by atoms with E-state index in [0.717, 1.165) is 6.54 Å². The largest absolute Gasteiger partial charge is 0.313 e. The molecule has 1 heteroatoms. The Balaban J connectivity index is 1.69. The molecule has 0 spiro atoms. The van der Waals surface area contributed by atoms with E-state index < -0.39 is 0 Å². The minimum absolute atomic E-state index is 0.656. The van der Waals surface area contributed by atoms with Crippen molar-refractivity contribution in [3.63, 3.8) is 0 Å². The highest BCUT2D eigenvalue weighted by Crippen LogP contribution is 2.18. The molecule has 1 aliphatic carbocycles. The van der Waals surface area contributed by atoms with Gasteiger partial charge in [-0.05, 0) is 37.3 Å². The van der Waals surface area contributed by atoms with Crippen molar-refractivity contribution in [3.8, 4) is 0 Å². The molecule has 1 aliphatic rings. The van der Waals surface area contributed by atoms with Crippen molar-refractivity contribution in [2.24, 2.45) is 0 Å². The molecular formula is C15H21N. The Morgan fingerprint density at radius 1 is 1.19 bits per heavy atom. The zero-order chi connectivity index (χ0) is 11.2. The van der Waals surface area contributed by atoms with E-state index in [0.29, 0.717) is 12.0 Å². The van der Waals surface area contributed by atoms with Crippen molar-refractivity contribution >= 4 is 0 Å². The molecule has 16 heavy (non-hydrogen) atoms. The van der Waals surface area contributed by atoms with Gasteiger partial charge in [0, 0.05) is 6.04 Å². The first-order valence-corrected chi connectivity index (χ1v) is 6.29. The van der Waals surface area contributed by atoms with E-state index in [1.165, 1.54) is 24.8 Å². The Labute approximate surface area is 98.6 Å². The third-order valence-electron chi connectivity index (χ3n) is 3.39. The van der Waals surface area contributed by atoms with Gasteiger partial charge in [0.1, 0.15) is 0 Å². The summed E-state index contributed by atoms with van der Waals surface area (Å²) in [6.45, 7) is 3.44. The van der Waals surface area contributed by atoms with Crippen LogP contribution in [-0.2, 0) is 0 Å². The van der Waals surface area contributed by atoms with Gasteiger partial charge in [0.25, 0.3) is 0 Å². The third kappa shape index (κ3) is 3.21. The van der Waals surface area contributed by atoms with Crippen LogP contribution in [-0.4, -0.2) is 12.6 Å². The molecule has 1 aromatic rings. The van der Waals surface area contributed by atoms with E-state index in [1.807, 2.05) is 0 Å². The number of nitrogens with one attached hydrogen (secondary N) is 1. The molecular weight excluding hydrogens is 194 g/mol. The van der Waals surface area contributed by atoms with Gasteiger partial charge in [0.2, 0.25) is 0 Å². The third-order valence-corrected chi connectivity index (χ3v) is 3.39. The van der Waals surface area contributed by atoms with Crippen molar-refractivity contribution in [2.75, 3.05) is 6.54 Å². The topological polar surface area (TPSA) is 12.0 Å². The lowest BCUT2D eigenvalue weighted by Crippen LogP contribution is -2.27. The van der Waals surface area contributed by atoms with Crippen LogP contribution in [0.2, 0.25) is 0 Å². The molecule has 1 unspecified atom stereocenters. The average Bonchev–Trinajstić information content (AvgIpc) is 2.83. The van der Waals surface area contributed by atoms with Crippen LogP contribution >= 0.6 is 0 Å². The van der Waals surface area contributed by atoms with Gasteiger partial charge in [-0.2, -0.15) is 0 Å². The lowest BCUT2D eigenvalue weighted by Gasteiger charge is -2.15. The van der Waals surface area contributed by atoms with Gasteiger partial charge in [-0.25, -0.2) is 0 Å². The summed E-state index contributed by atoms with van der Waals surface area (Å²) >= 11 is 0. The summed E-state index contributed by atoms with van der Waals surface area (Å²) in [4.78, 5) is 0. The lowest BCUT2D eigenvalue weighted by molar-refractivity contribution is 0.508. The molecule has 1 aromatic carbocycles. The van der Waals surface area contributed by atoms with Crippen LogP contribution in [0.5, 0.6) is 0 Å². The Kier molecular flexibility index (Phi) is 4.17. The van der Waals surface area contributed by atoms with E-state index in [2.05, 4.69) is 54.7 Å². The van der Waals surface area contributed by atoms with Gasteiger partial charge in [-0.15, -0.1) is 0 Å². The SMILES string of the molecule is CC(CCNC1CC=CC1)c1ccccc1. The monoisotopic (exact) mass is 215 g/mol. The fourth-order valence-electron chi connectivity index (χ4n) is 2.24. The van der Waals surface area contributed by atoms with Crippen LogP contribution < -0.4 is 5.32 Å². The quantitative estimate of drug-likeness (QED) is 0.741. The maximum absolute atomic E-state index is 3.62. The van der Waals surface area contributed by atoms with E-state index >= 15 is 0 Å². The highest BCUT2D eigenvalue weighted by Gasteiger charge is 2.10. The molecule has 0 bridgehead atoms. The van der Waals surface area contributed by atoms with Crippen LogP contribution in [0.15, 0.2) is 42.5 Å². The van der Waals surface area contributed by atoms with E-state index in [-0.39, 0.29) is 0 Å². The van der Waals surface area contributed by atoms with Gasteiger partial charge in [0.05, 0.1) is 0 Å². The van der Waals surface area contributed by atoms with Crippen LogP contribution in [0.1, 0.15) is 37.7 Å². The van der Waals surface area contributed by atoms with Crippen LogP contribution in [0, 0.1) is 0 Å². The summed E-state index contributed by atoms with van der Waals surface area (Å²) in [5.41, 5.74) is 1.45. The van der Waals surface area contributed by atoms with Gasteiger partial charge >= 0.3 is 0 Å². The Morgan fingerprint density at radius 3 is 2.56 bits per heavy atom. The van der Waals surface area contributed by atoms with E-state index in [9.17, 15) is 0 Å². The normalized spacial score (nSPS) is 17.8. The molecule has 0 aromatic heterocycles. The first kappa shape index (κ1) is 11.4. The van der Waals surface area contributed by atoms with Crippen molar-refractivity contribution in [3.05, 3.63) is 48.0 Å². The molecule has 1 nitrogen and oxygen atoms in total. The van der Waals surface area contributed by atoms with Gasteiger partial charge < -0.3 is 5.32 Å². The molecule has 0 fully saturated rings. The highest BCUT2D eigenvalue weighted by atomic mass is 14.9. The minimum atomic E-state index is 0.656. The molecule has 0 saturated carbocycles. The fraction of sp³-hybridized carbons (Fsp3) is 0.467. The van der Waals surface area contributed by atoms with Crippen molar-refractivity contribution in [2.45, 2.75) is 38.1 Å². The number of hydrogen-bond acceptors (Lipinski definition) is 1. The molecule has 0 aliphatic heterocycles. The zero-order valence-corrected chi connectivity index (χ0v) is 10.0. The predicted octanol–water partition coefficient (Wildman–Crippen LogP) is 3.49. The Bertz CT molecular complexity index is 321. The van der Waals surface area contributed by atoms with Gasteiger partial charge in [-0.1, -0.05) is 49.4 Å². The first-order chi connectivity index (χ1) is 7.86. The molecule has 86 valence electrons. The smallest absolute Gasteiger partial charge is 0.0136 e. The maximum Gasteiger partial charge on any atom is 0.0136 e. The molecule has 0 radical (unpaired) electrons. The van der Waals surface area contributed by atoms with Crippen molar-refractivity contribution in [1.29, 1.82) is 0 Å². The lowest BCUT2D eigenvalue weighted by atomic mass is 9.98. The minimum Gasteiger partial charge on any atom is -0.313 e. The average molecular weight is 215 g/mol. The molecule has 0 saturated heterocycles. The Hall–Kier alpha value is -1.08. The van der Waals surface area contributed by atoms with Crippen molar-refractivity contribution < 1.29 is 0 Å². The molecule has 2 rings (SSSR count). The fourth-order valence-corrected chi connectivity index (χ4v) is 2.24. The number of rotatable bonds is 5. The van der Waals surface area contributed by atoms with E-state index in [1.54, 1.807) is 0 Å². The van der Waals surface area contributed by atoms with Gasteiger partial charge in [0.15, 0.2) is 0 Å². The standard InChI is InChI=1S/C15H21N/c1-13(14-7-3-2-4-8-14)11-12-16-15-9-5-6-10-15/h2-8,13,15-16H,9-12H2,1H3. The second kappa shape index (κ2) is 5.86. The van der Waals surface area contributed by atoms with Gasteiger partial charge in [-0.3, -0.25) is 0 Å². The van der Waals surface area contributed by atoms with E-state index in [4.69, 9.17) is 0 Å². The second-order valence-corrected chi connectivity index (χ2v) is 4.69. The maximum atomic E-state index is 3.62. The Morgan fingerprint density at radius 2 is 1.88 bits per heavy atom. The molecule has 0 heterocycles. The summed E-state index contributed by atoms with van der Waals surface area (Å²) < 4.78 is 0. The number of hydrogen-bond donors (Lipinski definition) is 1. The molecule has 1 N–H and O–H groups in total. The first-order valence-electron chi connectivity index (χ1n) is 6.29. The number of benzene rings is 1. The molecule has 1 atom stereocenters. The van der Waals surface area contributed by atoms with Crippen molar-refractivity contribution in [1.82, 2.24) is 5.32 Å². The predicted molar refractivity (Wildman–Crippen MR) is 69.6 cm³/mol. The van der Waals surface area contributed by atoms with Crippen LogP contribution in [0.4, 0.5) is 0 Å². The van der Waals surface area contributed by atoms with Crippen LogP contribution in [0.3, 0.4) is 0 Å². The summed E-state index contributed by atoms with van der Waals surface area (Å²) in [6, 6.07) is 11.5. The summed E-state index contributed by atoms with van der Waals surface area (Å²) in [7, 11) is 0.